The van der Waals surface area contributed by atoms with Crippen molar-refractivity contribution in [1.29, 1.82) is 0 Å². The molecule has 4 rings (SSSR count). The molecule has 3 aromatic rings. The van der Waals surface area contributed by atoms with E-state index < -0.39 is 27.3 Å². The molecule has 178 valence electrons. The predicted molar refractivity (Wildman–Crippen MR) is 132 cm³/mol. The fraction of sp³-hybridized carbons (Fsp3) is 0.208. The van der Waals surface area contributed by atoms with E-state index in [2.05, 4.69) is 21.2 Å². The second-order valence-corrected chi connectivity index (χ2v) is 11.2. The Hall–Kier alpha value is -2.30. The summed E-state index contributed by atoms with van der Waals surface area (Å²) >= 11 is 9.28. The van der Waals surface area contributed by atoms with Crippen LogP contribution in [0.15, 0.2) is 76.1 Å². The van der Waals surface area contributed by atoms with Gasteiger partial charge in [0.15, 0.2) is 0 Å². The third kappa shape index (κ3) is 5.04. The lowest BCUT2D eigenvalue weighted by Gasteiger charge is -2.38. The lowest BCUT2D eigenvalue weighted by molar-refractivity contribution is -0.00961. The molecule has 0 atom stereocenters. The van der Waals surface area contributed by atoms with Gasteiger partial charge in [0.2, 0.25) is 10.0 Å². The number of rotatable bonds is 5. The number of carbonyl (C=O) groups excluding carboxylic acids is 1. The molecule has 34 heavy (non-hydrogen) atoms. The van der Waals surface area contributed by atoms with Crippen LogP contribution in [0.25, 0.3) is 0 Å². The molecule has 0 radical (unpaired) electrons. The van der Waals surface area contributed by atoms with E-state index >= 15 is 0 Å². The largest absolute Gasteiger partial charge is 0.385 e. The molecule has 1 heterocycles. The average molecular weight is 568 g/mol. The Balaban J connectivity index is 1.54. The maximum Gasteiger partial charge on any atom is 0.255 e. The van der Waals surface area contributed by atoms with E-state index in [1.807, 2.05) is 30.3 Å². The summed E-state index contributed by atoms with van der Waals surface area (Å²) in [5.41, 5.74) is 0.0636. The van der Waals surface area contributed by atoms with E-state index in [0.29, 0.717) is 5.69 Å². The number of anilines is 1. The topological polar surface area (TPSA) is 86.7 Å². The highest BCUT2D eigenvalue weighted by Gasteiger charge is 2.38. The number of piperidine rings is 1. The van der Waals surface area contributed by atoms with Gasteiger partial charge in [0, 0.05) is 24.3 Å². The van der Waals surface area contributed by atoms with Gasteiger partial charge in [0.1, 0.15) is 10.7 Å². The second kappa shape index (κ2) is 9.75. The molecule has 0 spiro atoms. The smallest absolute Gasteiger partial charge is 0.255 e. The molecule has 0 bridgehead atoms. The molecule has 1 aliphatic rings. The summed E-state index contributed by atoms with van der Waals surface area (Å²) in [4.78, 5) is 12.5. The second-order valence-electron chi connectivity index (χ2n) is 8.03. The van der Waals surface area contributed by atoms with E-state index in [-0.39, 0.29) is 45.9 Å². The van der Waals surface area contributed by atoms with Gasteiger partial charge in [0.25, 0.3) is 5.91 Å². The Bertz CT molecular complexity index is 1330. The SMILES string of the molecule is O=C(Nc1ccc(F)c(Br)c1)c1ccc(Cl)c(S(=O)(=O)N2CCC(O)(c3ccccc3)CC2)c1. The van der Waals surface area contributed by atoms with Crippen LogP contribution in [0.1, 0.15) is 28.8 Å². The van der Waals surface area contributed by atoms with Crippen molar-refractivity contribution in [3.05, 3.63) is 93.2 Å². The van der Waals surface area contributed by atoms with Crippen LogP contribution in [0.2, 0.25) is 5.02 Å². The Morgan fingerprint density at radius 1 is 1.06 bits per heavy atom. The fourth-order valence-electron chi connectivity index (χ4n) is 3.89. The maximum atomic E-state index is 13.4. The van der Waals surface area contributed by atoms with E-state index in [4.69, 9.17) is 11.6 Å². The average Bonchev–Trinajstić information content (AvgIpc) is 2.82. The monoisotopic (exact) mass is 566 g/mol. The van der Waals surface area contributed by atoms with Crippen LogP contribution in [0.3, 0.4) is 0 Å². The molecule has 1 aliphatic heterocycles. The Labute approximate surface area is 210 Å². The van der Waals surface area contributed by atoms with E-state index in [1.54, 1.807) is 0 Å². The number of halogens is 3. The zero-order chi connectivity index (χ0) is 24.5. The molecular formula is C24H21BrClFN2O4S. The molecule has 1 amide bonds. The summed E-state index contributed by atoms with van der Waals surface area (Å²) in [6.07, 6.45) is 0.459. The van der Waals surface area contributed by atoms with Crippen molar-refractivity contribution in [2.24, 2.45) is 0 Å². The number of amides is 1. The van der Waals surface area contributed by atoms with Gasteiger partial charge in [-0.25, -0.2) is 12.8 Å². The number of hydrogen-bond acceptors (Lipinski definition) is 4. The summed E-state index contributed by atoms with van der Waals surface area (Å²) in [5, 5.41) is 13.6. The maximum absolute atomic E-state index is 13.4. The van der Waals surface area contributed by atoms with Gasteiger partial charge in [-0.05, 0) is 70.7 Å². The first-order valence-electron chi connectivity index (χ1n) is 10.4. The Kier molecular flexibility index (Phi) is 7.12. The first-order valence-corrected chi connectivity index (χ1v) is 13.1. The summed E-state index contributed by atoms with van der Waals surface area (Å²) in [6.45, 7) is 0.203. The van der Waals surface area contributed by atoms with Crippen LogP contribution in [0.4, 0.5) is 10.1 Å². The van der Waals surface area contributed by atoms with Gasteiger partial charge in [-0.3, -0.25) is 4.79 Å². The van der Waals surface area contributed by atoms with Gasteiger partial charge in [-0.15, -0.1) is 0 Å². The third-order valence-electron chi connectivity index (χ3n) is 5.85. The lowest BCUT2D eigenvalue weighted by Crippen LogP contribution is -2.45. The van der Waals surface area contributed by atoms with Crippen LogP contribution in [0, 0.1) is 5.82 Å². The van der Waals surface area contributed by atoms with Gasteiger partial charge < -0.3 is 10.4 Å². The van der Waals surface area contributed by atoms with Crippen LogP contribution in [0.5, 0.6) is 0 Å². The molecule has 1 saturated heterocycles. The van der Waals surface area contributed by atoms with Gasteiger partial charge in [0.05, 0.1) is 15.1 Å². The first-order chi connectivity index (χ1) is 16.1. The number of nitrogens with one attached hydrogen (secondary N) is 1. The van der Waals surface area contributed by atoms with Gasteiger partial charge in [-0.1, -0.05) is 41.9 Å². The summed E-state index contributed by atoms with van der Waals surface area (Å²) in [5.74, 6) is -1.04. The van der Waals surface area contributed by atoms with Crippen molar-refractivity contribution < 1.29 is 22.7 Å². The zero-order valence-corrected chi connectivity index (χ0v) is 21.0. The molecule has 0 aromatic heterocycles. The number of nitrogens with zero attached hydrogens (tertiary/aromatic N) is 1. The number of carbonyl (C=O) groups is 1. The number of hydrogen-bond donors (Lipinski definition) is 2. The molecule has 1 fully saturated rings. The van der Waals surface area contributed by atoms with Crippen LogP contribution in [-0.4, -0.2) is 36.8 Å². The van der Waals surface area contributed by atoms with Gasteiger partial charge >= 0.3 is 0 Å². The summed E-state index contributed by atoms with van der Waals surface area (Å²) in [6, 6.07) is 17.2. The highest BCUT2D eigenvalue weighted by atomic mass is 79.9. The lowest BCUT2D eigenvalue weighted by atomic mass is 9.85. The standard InChI is InChI=1S/C24H21BrClFN2O4S/c25-19-15-18(7-9-21(19)27)28-23(30)16-6-8-20(26)22(14-16)34(32,33)29-12-10-24(31,11-13-29)17-4-2-1-3-5-17/h1-9,14-15,31H,10-13H2,(H,28,30). The Morgan fingerprint density at radius 3 is 2.38 bits per heavy atom. The van der Waals surface area contributed by atoms with Crippen molar-refractivity contribution in [3.63, 3.8) is 0 Å². The van der Waals surface area contributed by atoms with E-state index in [9.17, 15) is 22.7 Å². The molecule has 2 N–H and O–H groups in total. The molecule has 0 saturated carbocycles. The molecule has 0 aliphatic carbocycles. The normalized spacial score (nSPS) is 16.2. The van der Waals surface area contributed by atoms with Crippen LogP contribution < -0.4 is 5.32 Å². The van der Waals surface area contributed by atoms with Crippen LogP contribution >= 0.6 is 27.5 Å². The van der Waals surface area contributed by atoms with Crippen molar-refractivity contribution in [2.75, 3.05) is 18.4 Å². The number of sulfonamides is 1. The minimum Gasteiger partial charge on any atom is -0.385 e. The predicted octanol–water partition coefficient (Wildman–Crippen LogP) is 5.17. The molecule has 3 aromatic carbocycles. The zero-order valence-electron chi connectivity index (χ0n) is 17.8. The molecule has 6 nitrogen and oxygen atoms in total. The van der Waals surface area contributed by atoms with Gasteiger partial charge in [-0.2, -0.15) is 4.31 Å². The van der Waals surface area contributed by atoms with Crippen molar-refractivity contribution in [3.8, 4) is 0 Å². The number of aliphatic hydroxyl groups is 1. The minimum absolute atomic E-state index is 0.00929. The third-order valence-corrected chi connectivity index (χ3v) is 8.84. The molecule has 10 heteroatoms. The molecule has 0 unspecified atom stereocenters. The molecular weight excluding hydrogens is 547 g/mol. The van der Waals surface area contributed by atoms with Crippen molar-refractivity contribution in [2.45, 2.75) is 23.3 Å². The fourth-order valence-corrected chi connectivity index (χ4v) is 6.21. The summed E-state index contributed by atoms with van der Waals surface area (Å²) < 4.78 is 41.6. The minimum atomic E-state index is -4.01. The van der Waals surface area contributed by atoms with E-state index in [1.165, 1.54) is 40.7 Å². The number of benzene rings is 3. The first kappa shape index (κ1) is 24.8. The Morgan fingerprint density at radius 2 is 1.74 bits per heavy atom. The van der Waals surface area contributed by atoms with Crippen molar-refractivity contribution >= 4 is 49.1 Å². The highest BCUT2D eigenvalue weighted by molar-refractivity contribution is 9.10. The highest BCUT2D eigenvalue weighted by Crippen LogP contribution is 2.36. The summed E-state index contributed by atoms with van der Waals surface area (Å²) in [7, 11) is -4.01. The van der Waals surface area contributed by atoms with Crippen LogP contribution in [-0.2, 0) is 15.6 Å². The van der Waals surface area contributed by atoms with Crippen molar-refractivity contribution in [1.82, 2.24) is 4.31 Å². The quantitative estimate of drug-likeness (QED) is 0.446. The van der Waals surface area contributed by atoms with E-state index in [0.717, 1.165) is 5.56 Å².